The minimum Gasteiger partial charge on any atom is -0.497 e. The van der Waals surface area contributed by atoms with Crippen molar-refractivity contribution in [2.45, 2.75) is 13.0 Å². The monoisotopic (exact) mass is 362 g/mol. The molecule has 4 rings (SSSR count). The Morgan fingerprint density at radius 2 is 1.96 bits per heavy atom. The molecule has 0 spiro atoms. The minimum atomic E-state index is -0.137. The van der Waals surface area contributed by atoms with Crippen LogP contribution in [-0.2, 0) is 17.8 Å². The van der Waals surface area contributed by atoms with E-state index in [1.54, 1.807) is 13.2 Å². The van der Waals surface area contributed by atoms with E-state index in [0.29, 0.717) is 23.8 Å². The number of rotatable bonds is 6. The van der Waals surface area contributed by atoms with Crippen LogP contribution >= 0.6 is 0 Å². The maximum absolute atomic E-state index is 12.2. The summed E-state index contributed by atoms with van der Waals surface area (Å²) in [5.41, 5.74) is 2.29. The number of fused-ring (bicyclic) bond motifs is 1. The SMILES string of the molecule is COc1cccc(CNC(=O)Cc2cc(-c3cc4ccccc4o3)on2)c1. The molecule has 4 aromatic rings. The third-order valence-electron chi connectivity index (χ3n) is 4.19. The molecule has 0 fully saturated rings. The van der Waals surface area contributed by atoms with E-state index in [4.69, 9.17) is 13.7 Å². The van der Waals surface area contributed by atoms with E-state index in [1.165, 1.54) is 0 Å². The molecule has 0 aliphatic heterocycles. The van der Waals surface area contributed by atoms with E-state index < -0.39 is 0 Å². The van der Waals surface area contributed by atoms with Gasteiger partial charge in [0.2, 0.25) is 11.7 Å². The van der Waals surface area contributed by atoms with Gasteiger partial charge in [0.1, 0.15) is 11.3 Å². The fourth-order valence-corrected chi connectivity index (χ4v) is 2.82. The summed E-state index contributed by atoms with van der Waals surface area (Å²) in [5.74, 6) is 1.71. The fourth-order valence-electron chi connectivity index (χ4n) is 2.82. The predicted molar refractivity (Wildman–Crippen MR) is 100 cm³/mol. The first kappa shape index (κ1) is 16.9. The van der Waals surface area contributed by atoms with Crippen LogP contribution in [0.3, 0.4) is 0 Å². The van der Waals surface area contributed by atoms with Crippen LogP contribution in [0.5, 0.6) is 5.75 Å². The molecule has 1 N–H and O–H groups in total. The second-order valence-electron chi connectivity index (χ2n) is 6.14. The summed E-state index contributed by atoms with van der Waals surface area (Å²) in [6.07, 6.45) is 0.133. The second kappa shape index (κ2) is 7.37. The minimum absolute atomic E-state index is 0.133. The van der Waals surface area contributed by atoms with Gasteiger partial charge in [-0.25, -0.2) is 0 Å². The van der Waals surface area contributed by atoms with Gasteiger partial charge in [0.05, 0.1) is 19.2 Å². The highest BCUT2D eigenvalue weighted by molar-refractivity contribution is 5.82. The number of nitrogens with one attached hydrogen (secondary N) is 1. The summed E-state index contributed by atoms with van der Waals surface area (Å²) < 4.78 is 16.3. The second-order valence-corrected chi connectivity index (χ2v) is 6.14. The van der Waals surface area contributed by atoms with Crippen LogP contribution in [0.4, 0.5) is 0 Å². The third kappa shape index (κ3) is 3.84. The molecule has 2 aromatic carbocycles. The first-order valence-electron chi connectivity index (χ1n) is 8.55. The molecule has 0 unspecified atom stereocenters. The average Bonchev–Trinajstić information content (AvgIpc) is 3.33. The van der Waals surface area contributed by atoms with Gasteiger partial charge in [0.25, 0.3) is 0 Å². The van der Waals surface area contributed by atoms with Gasteiger partial charge in [-0.2, -0.15) is 0 Å². The molecule has 6 nitrogen and oxygen atoms in total. The molecule has 2 aromatic heterocycles. The Hall–Kier alpha value is -3.54. The number of benzene rings is 2. The van der Waals surface area contributed by atoms with Crippen LogP contribution < -0.4 is 10.1 Å². The molecular weight excluding hydrogens is 344 g/mol. The maximum atomic E-state index is 12.2. The van der Waals surface area contributed by atoms with E-state index in [0.717, 1.165) is 22.3 Å². The van der Waals surface area contributed by atoms with Gasteiger partial charge in [-0.1, -0.05) is 35.5 Å². The van der Waals surface area contributed by atoms with Crippen LogP contribution in [0.1, 0.15) is 11.3 Å². The Kier molecular flexibility index (Phi) is 4.61. The molecule has 1 amide bonds. The standard InChI is InChI=1S/C21H18N2O4/c1-25-17-7-4-5-14(9-17)13-22-21(24)12-16-11-20(27-23-16)19-10-15-6-2-3-8-18(15)26-19/h2-11H,12-13H2,1H3,(H,22,24). The van der Waals surface area contributed by atoms with E-state index >= 15 is 0 Å². The summed E-state index contributed by atoms with van der Waals surface area (Å²) in [6.45, 7) is 0.421. The lowest BCUT2D eigenvalue weighted by atomic mass is 10.2. The van der Waals surface area contributed by atoms with Gasteiger partial charge in [-0.3, -0.25) is 4.79 Å². The Morgan fingerprint density at radius 3 is 2.81 bits per heavy atom. The van der Waals surface area contributed by atoms with Crippen molar-refractivity contribution < 1.29 is 18.5 Å². The largest absolute Gasteiger partial charge is 0.497 e. The van der Waals surface area contributed by atoms with E-state index in [2.05, 4.69) is 10.5 Å². The molecule has 0 aliphatic rings. The van der Waals surface area contributed by atoms with Crippen molar-refractivity contribution in [3.63, 3.8) is 0 Å². The lowest BCUT2D eigenvalue weighted by Gasteiger charge is -2.06. The van der Waals surface area contributed by atoms with Crippen LogP contribution in [0.2, 0.25) is 0 Å². The summed E-state index contributed by atoms with van der Waals surface area (Å²) >= 11 is 0. The number of methoxy groups -OCH3 is 1. The molecule has 0 saturated carbocycles. The normalized spacial score (nSPS) is 10.9. The van der Waals surface area contributed by atoms with Crippen molar-refractivity contribution in [2.75, 3.05) is 7.11 Å². The predicted octanol–water partition coefficient (Wildman–Crippen LogP) is 3.96. The fraction of sp³-hybridized carbons (Fsp3) is 0.143. The lowest BCUT2D eigenvalue weighted by Crippen LogP contribution is -2.24. The highest BCUT2D eigenvalue weighted by Crippen LogP contribution is 2.28. The molecule has 136 valence electrons. The van der Waals surface area contributed by atoms with Gasteiger partial charge in [0.15, 0.2) is 5.76 Å². The third-order valence-corrected chi connectivity index (χ3v) is 4.19. The summed E-state index contributed by atoms with van der Waals surface area (Å²) in [6, 6.07) is 18.9. The maximum Gasteiger partial charge on any atom is 0.226 e. The van der Waals surface area contributed by atoms with E-state index in [1.807, 2.05) is 54.6 Å². The Labute approximate surface area is 155 Å². The molecule has 0 radical (unpaired) electrons. The highest BCUT2D eigenvalue weighted by atomic mass is 16.5. The zero-order valence-corrected chi connectivity index (χ0v) is 14.8. The lowest BCUT2D eigenvalue weighted by molar-refractivity contribution is -0.120. The van der Waals surface area contributed by atoms with Crippen molar-refractivity contribution in [1.29, 1.82) is 0 Å². The number of nitrogens with zero attached hydrogens (tertiary/aromatic N) is 1. The van der Waals surface area contributed by atoms with Gasteiger partial charge in [-0.15, -0.1) is 0 Å². The van der Waals surface area contributed by atoms with Crippen LogP contribution in [0, 0.1) is 0 Å². The number of aromatic nitrogens is 1. The summed E-state index contributed by atoms with van der Waals surface area (Å²) in [5, 5.41) is 7.83. The molecule has 27 heavy (non-hydrogen) atoms. The van der Waals surface area contributed by atoms with Crippen LogP contribution in [-0.4, -0.2) is 18.2 Å². The number of ether oxygens (including phenoxy) is 1. The van der Waals surface area contributed by atoms with Crippen molar-refractivity contribution in [1.82, 2.24) is 10.5 Å². The first-order chi connectivity index (χ1) is 13.2. The Balaban J connectivity index is 1.39. The highest BCUT2D eigenvalue weighted by Gasteiger charge is 2.14. The molecule has 2 heterocycles. The summed E-state index contributed by atoms with van der Waals surface area (Å²) in [7, 11) is 1.61. The van der Waals surface area contributed by atoms with Crippen molar-refractivity contribution in [2.24, 2.45) is 0 Å². The molecule has 6 heteroatoms. The number of carbonyl (C=O) groups is 1. The number of para-hydroxylation sites is 1. The van der Waals surface area contributed by atoms with Gasteiger partial charge in [0, 0.05) is 18.0 Å². The molecule has 0 saturated heterocycles. The van der Waals surface area contributed by atoms with Crippen molar-refractivity contribution in [3.05, 3.63) is 71.9 Å². The van der Waals surface area contributed by atoms with Gasteiger partial charge < -0.3 is 19.0 Å². The Morgan fingerprint density at radius 1 is 1.07 bits per heavy atom. The van der Waals surface area contributed by atoms with Crippen LogP contribution in [0.15, 0.2) is 69.6 Å². The quantitative estimate of drug-likeness (QED) is 0.562. The smallest absolute Gasteiger partial charge is 0.226 e. The number of amides is 1. The molecule has 0 aliphatic carbocycles. The van der Waals surface area contributed by atoms with Gasteiger partial charge >= 0.3 is 0 Å². The molecule has 0 bridgehead atoms. The van der Waals surface area contributed by atoms with E-state index in [-0.39, 0.29) is 12.3 Å². The van der Waals surface area contributed by atoms with Crippen molar-refractivity contribution in [3.8, 4) is 17.3 Å². The van der Waals surface area contributed by atoms with Crippen molar-refractivity contribution >= 4 is 16.9 Å². The molecular formula is C21H18N2O4. The number of hydrogen-bond acceptors (Lipinski definition) is 5. The zero-order valence-electron chi connectivity index (χ0n) is 14.8. The molecule has 0 atom stereocenters. The van der Waals surface area contributed by atoms with Crippen LogP contribution in [0.25, 0.3) is 22.5 Å². The Bertz CT molecular complexity index is 1050. The zero-order chi connectivity index (χ0) is 18.6. The first-order valence-corrected chi connectivity index (χ1v) is 8.55. The van der Waals surface area contributed by atoms with E-state index in [9.17, 15) is 4.79 Å². The average molecular weight is 362 g/mol. The number of carbonyl (C=O) groups excluding carboxylic acids is 1. The summed E-state index contributed by atoms with van der Waals surface area (Å²) in [4.78, 5) is 12.2. The van der Waals surface area contributed by atoms with Gasteiger partial charge in [-0.05, 0) is 29.8 Å². The topological polar surface area (TPSA) is 77.5 Å². The number of furan rings is 1. The number of hydrogen-bond donors (Lipinski definition) is 1.